The van der Waals surface area contributed by atoms with Gasteiger partial charge >= 0.3 is 0 Å². The van der Waals surface area contributed by atoms with E-state index in [1.807, 2.05) is 48.2 Å². The van der Waals surface area contributed by atoms with E-state index in [4.69, 9.17) is 5.73 Å². The minimum absolute atomic E-state index is 0.0382. The van der Waals surface area contributed by atoms with Gasteiger partial charge in [0.2, 0.25) is 0 Å². The van der Waals surface area contributed by atoms with Gasteiger partial charge in [0.15, 0.2) is 0 Å². The van der Waals surface area contributed by atoms with E-state index in [0.29, 0.717) is 5.56 Å². The van der Waals surface area contributed by atoms with Crippen LogP contribution in [0.1, 0.15) is 27.9 Å². The zero-order valence-corrected chi connectivity index (χ0v) is 13.5. The normalized spacial score (nSPS) is 13.9. The molecule has 1 aliphatic rings. The van der Waals surface area contributed by atoms with E-state index in [-0.39, 0.29) is 5.91 Å². The molecule has 1 amide bonds. The summed E-state index contributed by atoms with van der Waals surface area (Å²) < 4.78 is 0.873. The van der Waals surface area contributed by atoms with E-state index in [2.05, 4.69) is 15.9 Å². The summed E-state index contributed by atoms with van der Waals surface area (Å²) in [5.41, 5.74) is 10.5. The molecule has 0 saturated carbocycles. The summed E-state index contributed by atoms with van der Waals surface area (Å²) in [6.45, 7) is 2.74. The number of nitrogens with zero attached hydrogens (tertiary/aromatic N) is 1. The number of fused-ring (bicyclic) bond motifs is 1. The van der Waals surface area contributed by atoms with Crippen molar-refractivity contribution < 1.29 is 4.79 Å². The number of carbonyl (C=O) groups is 1. The first kappa shape index (κ1) is 14.1. The third kappa shape index (κ3) is 2.56. The van der Waals surface area contributed by atoms with Gasteiger partial charge in [-0.1, -0.05) is 12.1 Å². The number of hydrogen-bond acceptors (Lipinski definition) is 2. The molecular formula is C17H17BrN2O. The summed E-state index contributed by atoms with van der Waals surface area (Å²) in [6.07, 6.45) is 1.94. The molecule has 0 atom stereocenters. The molecule has 0 spiro atoms. The second-order valence-electron chi connectivity index (χ2n) is 5.38. The molecule has 0 bridgehead atoms. The largest absolute Gasteiger partial charge is 0.399 e. The maximum absolute atomic E-state index is 12.9. The predicted molar refractivity (Wildman–Crippen MR) is 89.7 cm³/mol. The summed E-state index contributed by atoms with van der Waals surface area (Å²) in [5.74, 6) is 0.0382. The summed E-state index contributed by atoms with van der Waals surface area (Å²) in [7, 11) is 0. The molecule has 21 heavy (non-hydrogen) atoms. The number of halogens is 1. The summed E-state index contributed by atoms with van der Waals surface area (Å²) in [6, 6.07) is 11.6. The van der Waals surface area contributed by atoms with Gasteiger partial charge in [-0.2, -0.15) is 0 Å². The van der Waals surface area contributed by atoms with Crippen LogP contribution in [0.2, 0.25) is 0 Å². The lowest BCUT2D eigenvalue weighted by atomic mass is 10.00. The molecule has 0 fully saturated rings. The Bertz CT molecular complexity index is 712. The average Bonchev–Trinajstić information content (AvgIpc) is 2.48. The molecule has 1 heterocycles. The highest BCUT2D eigenvalue weighted by Gasteiger charge is 2.25. The van der Waals surface area contributed by atoms with Gasteiger partial charge in [0.1, 0.15) is 0 Å². The molecule has 2 aromatic carbocycles. The molecule has 108 valence electrons. The quantitative estimate of drug-likeness (QED) is 0.796. The SMILES string of the molecule is Cc1cccc(C(=O)N2CCCc3cc(N)ccc32)c1Br. The monoisotopic (exact) mass is 344 g/mol. The fourth-order valence-corrected chi connectivity index (χ4v) is 3.22. The fourth-order valence-electron chi connectivity index (χ4n) is 2.79. The first-order valence-electron chi connectivity index (χ1n) is 7.03. The van der Waals surface area contributed by atoms with E-state index >= 15 is 0 Å². The van der Waals surface area contributed by atoms with Gasteiger partial charge in [-0.15, -0.1) is 0 Å². The van der Waals surface area contributed by atoms with Gasteiger partial charge in [0, 0.05) is 22.4 Å². The number of nitrogens with two attached hydrogens (primary N) is 1. The van der Waals surface area contributed by atoms with Crippen LogP contribution in [0.5, 0.6) is 0 Å². The highest BCUT2D eigenvalue weighted by Crippen LogP contribution is 2.31. The zero-order chi connectivity index (χ0) is 15.0. The maximum Gasteiger partial charge on any atom is 0.259 e. The molecule has 0 saturated heterocycles. The molecule has 0 aromatic heterocycles. The second-order valence-corrected chi connectivity index (χ2v) is 6.18. The van der Waals surface area contributed by atoms with Gasteiger partial charge in [-0.3, -0.25) is 4.79 Å². The van der Waals surface area contributed by atoms with Crippen molar-refractivity contribution in [2.75, 3.05) is 17.2 Å². The third-order valence-electron chi connectivity index (χ3n) is 3.89. The number of aryl methyl sites for hydroxylation is 2. The van der Waals surface area contributed by atoms with Crippen molar-refractivity contribution in [3.8, 4) is 0 Å². The second kappa shape index (κ2) is 5.53. The summed E-state index contributed by atoms with van der Waals surface area (Å²) in [5, 5.41) is 0. The van der Waals surface area contributed by atoms with Gasteiger partial charge in [0.05, 0.1) is 5.56 Å². The molecule has 2 N–H and O–H groups in total. The maximum atomic E-state index is 12.9. The first-order valence-corrected chi connectivity index (χ1v) is 7.82. The molecule has 2 aromatic rings. The first-order chi connectivity index (χ1) is 10.1. The van der Waals surface area contributed by atoms with E-state index in [0.717, 1.165) is 46.4 Å². The van der Waals surface area contributed by atoms with E-state index in [1.54, 1.807) is 0 Å². The van der Waals surface area contributed by atoms with Crippen LogP contribution < -0.4 is 10.6 Å². The van der Waals surface area contributed by atoms with E-state index < -0.39 is 0 Å². The van der Waals surface area contributed by atoms with Crippen molar-refractivity contribution in [3.05, 3.63) is 57.6 Å². The van der Waals surface area contributed by atoms with Gasteiger partial charge in [-0.05, 0) is 71.1 Å². The van der Waals surface area contributed by atoms with Gasteiger partial charge in [0.25, 0.3) is 5.91 Å². The van der Waals surface area contributed by atoms with Crippen LogP contribution in [0.25, 0.3) is 0 Å². The minimum Gasteiger partial charge on any atom is -0.399 e. The number of amides is 1. The minimum atomic E-state index is 0.0382. The summed E-state index contributed by atoms with van der Waals surface area (Å²) >= 11 is 3.53. The Morgan fingerprint density at radius 3 is 2.90 bits per heavy atom. The number of rotatable bonds is 1. The Hall–Kier alpha value is -1.81. The lowest BCUT2D eigenvalue weighted by Crippen LogP contribution is -2.35. The van der Waals surface area contributed by atoms with Crippen molar-refractivity contribution in [1.82, 2.24) is 0 Å². The Kier molecular flexibility index (Phi) is 3.72. The van der Waals surface area contributed by atoms with Crippen molar-refractivity contribution in [3.63, 3.8) is 0 Å². The molecule has 3 rings (SSSR count). The van der Waals surface area contributed by atoms with Crippen molar-refractivity contribution in [1.29, 1.82) is 0 Å². The molecule has 0 aliphatic carbocycles. The van der Waals surface area contributed by atoms with Gasteiger partial charge in [-0.25, -0.2) is 0 Å². The number of anilines is 2. The Balaban J connectivity index is 2.02. The number of hydrogen-bond donors (Lipinski definition) is 1. The Labute approximate surface area is 132 Å². The number of benzene rings is 2. The molecular weight excluding hydrogens is 328 g/mol. The van der Waals surface area contributed by atoms with Crippen LogP contribution >= 0.6 is 15.9 Å². The molecule has 0 radical (unpaired) electrons. The van der Waals surface area contributed by atoms with E-state index in [1.165, 1.54) is 0 Å². The number of nitrogen functional groups attached to an aromatic ring is 1. The van der Waals surface area contributed by atoms with Gasteiger partial charge < -0.3 is 10.6 Å². The van der Waals surface area contributed by atoms with Crippen LogP contribution in [0, 0.1) is 6.92 Å². The van der Waals surface area contributed by atoms with Crippen LogP contribution in [0.3, 0.4) is 0 Å². The summed E-state index contributed by atoms with van der Waals surface area (Å²) in [4.78, 5) is 14.7. The fraction of sp³-hybridized carbons (Fsp3) is 0.235. The van der Waals surface area contributed by atoms with Crippen molar-refractivity contribution in [2.45, 2.75) is 19.8 Å². The highest BCUT2D eigenvalue weighted by atomic mass is 79.9. The lowest BCUT2D eigenvalue weighted by Gasteiger charge is -2.30. The van der Waals surface area contributed by atoms with Crippen LogP contribution in [-0.2, 0) is 6.42 Å². The predicted octanol–water partition coefficient (Wildman–Crippen LogP) is 3.93. The van der Waals surface area contributed by atoms with E-state index in [9.17, 15) is 4.79 Å². The molecule has 1 aliphatic heterocycles. The molecule has 3 nitrogen and oxygen atoms in total. The standard InChI is InChI=1S/C17H17BrN2O/c1-11-4-2-6-14(16(11)18)17(21)20-9-3-5-12-10-13(19)7-8-15(12)20/h2,4,6-8,10H,3,5,9,19H2,1H3. The smallest absolute Gasteiger partial charge is 0.259 e. The Morgan fingerprint density at radius 2 is 2.10 bits per heavy atom. The highest BCUT2D eigenvalue weighted by molar-refractivity contribution is 9.10. The Morgan fingerprint density at radius 1 is 1.29 bits per heavy atom. The van der Waals surface area contributed by atoms with Crippen molar-refractivity contribution in [2.24, 2.45) is 0 Å². The number of carbonyl (C=O) groups excluding carboxylic acids is 1. The van der Waals surface area contributed by atoms with Crippen LogP contribution in [-0.4, -0.2) is 12.5 Å². The average molecular weight is 345 g/mol. The molecule has 4 heteroatoms. The molecule has 0 unspecified atom stereocenters. The zero-order valence-electron chi connectivity index (χ0n) is 11.9. The van der Waals surface area contributed by atoms with Crippen molar-refractivity contribution >= 4 is 33.2 Å². The van der Waals surface area contributed by atoms with Crippen LogP contribution in [0.15, 0.2) is 40.9 Å². The van der Waals surface area contributed by atoms with Crippen LogP contribution in [0.4, 0.5) is 11.4 Å². The third-order valence-corrected chi connectivity index (χ3v) is 4.94. The lowest BCUT2D eigenvalue weighted by molar-refractivity contribution is 0.0984. The topological polar surface area (TPSA) is 46.3 Å².